The lowest BCUT2D eigenvalue weighted by Gasteiger charge is -2.25. The van der Waals surface area contributed by atoms with Gasteiger partial charge < -0.3 is 20.1 Å². The molecule has 138 valence electrons. The highest BCUT2D eigenvalue weighted by atomic mass is 35.5. The quantitative estimate of drug-likeness (QED) is 0.764. The van der Waals surface area contributed by atoms with Crippen LogP contribution < -0.4 is 10.2 Å². The van der Waals surface area contributed by atoms with Crippen molar-refractivity contribution >= 4 is 35.0 Å². The maximum Gasteiger partial charge on any atom is 0.303 e. The van der Waals surface area contributed by atoms with Crippen molar-refractivity contribution in [1.82, 2.24) is 9.97 Å². The van der Waals surface area contributed by atoms with Crippen molar-refractivity contribution in [2.24, 2.45) is 0 Å². The Kier molecular flexibility index (Phi) is 5.90. The van der Waals surface area contributed by atoms with Crippen LogP contribution in [0.4, 0.5) is 17.5 Å². The van der Waals surface area contributed by atoms with Gasteiger partial charge in [-0.25, -0.2) is 4.98 Å². The first-order valence-electron chi connectivity index (χ1n) is 8.47. The van der Waals surface area contributed by atoms with E-state index in [1.807, 2.05) is 36.2 Å². The van der Waals surface area contributed by atoms with Crippen molar-refractivity contribution in [3.63, 3.8) is 0 Å². The number of carboxylic acid groups (broad SMARTS) is 1. The van der Waals surface area contributed by atoms with Crippen LogP contribution in [0.25, 0.3) is 0 Å². The Morgan fingerprint density at radius 3 is 2.85 bits per heavy atom. The Hall–Kier alpha value is -2.38. The fraction of sp³-hybridized carbons (Fsp3) is 0.389. The Labute approximate surface area is 157 Å². The van der Waals surface area contributed by atoms with Crippen LogP contribution in [0.3, 0.4) is 0 Å². The molecule has 1 aliphatic rings. The van der Waals surface area contributed by atoms with Gasteiger partial charge >= 0.3 is 5.97 Å². The number of carboxylic acids is 1. The highest BCUT2D eigenvalue weighted by molar-refractivity contribution is 6.32. The lowest BCUT2D eigenvalue weighted by atomic mass is 10.1. The van der Waals surface area contributed by atoms with E-state index >= 15 is 0 Å². The van der Waals surface area contributed by atoms with E-state index in [-0.39, 0.29) is 12.6 Å². The maximum atomic E-state index is 10.6. The van der Waals surface area contributed by atoms with E-state index in [1.165, 1.54) is 0 Å². The van der Waals surface area contributed by atoms with Gasteiger partial charge in [-0.05, 0) is 37.0 Å². The van der Waals surface area contributed by atoms with E-state index in [1.54, 1.807) is 6.20 Å². The van der Waals surface area contributed by atoms with E-state index in [2.05, 4.69) is 15.3 Å². The smallest absolute Gasteiger partial charge is 0.303 e. The van der Waals surface area contributed by atoms with Crippen LogP contribution in [-0.2, 0) is 16.0 Å². The number of halogens is 1. The SMILES string of the molecule is CN(c1nc(Nc2ccc(CCC(=O)O)cc2)ncc1Cl)C1CCCO1. The molecule has 1 unspecified atom stereocenters. The Morgan fingerprint density at radius 1 is 1.42 bits per heavy atom. The Morgan fingerprint density at radius 2 is 2.19 bits per heavy atom. The summed E-state index contributed by atoms with van der Waals surface area (Å²) in [6.07, 6.45) is 4.13. The fourth-order valence-corrected chi connectivity index (χ4v) is 3.03. The molecular weight excluding hydrogens is 356 g/mol. The lowest BCUT2D eigenvalue weighted by molar-refractivity contribution is -0.136. The van der Waals surface area contributed by atoms with E-state index in [4.69, 9.17) is 21.4 Å². The highest BCUT2D eigenvalue weighted by Crippen LogP contribution is 2.28. The van der Waals surface area contributed by atoms with Gasteiger partial charge in [0, 0.05) is 25.8 Å². The summed E-state index contributed by atoms with van der Waals surface area (Å²) in [7, 11) is 1.91. The number of rotatable bonds is 7. The highest BCUT2D eigenvalue weighted by Gasteiger charge is 2.23. The van der Waals surface area contributed by atoms with Crippen LogP contribution in [0.1, 0.15) is 24.8 Å². The molecular formula is C18H21ClN4O3. The summed E-state index contributed by atoms with van der Waals surface area (Å²) in [4.78, 5) is 21.3. The summed E-state index contributed by atoms with van der Waals surface area (Å²) >= 11 is 6.26. The number of anilines is 3. The van der Waals surface area contributed by atoms with Gasteiger partial charge in [0.25, 0.3) is 0 Å². The number of ether oxygens (including phenoxy) is 1. The number of hydrogen-bond acceptors (Lipinski definition) is 6. The number of hydrogen-bond donors (Lipinski definition) is 2. The monoisotopic (exact) mass is 376 g/mol. The van der Waals surface area contributed by atoms with Crippen LogP contribution in [0.2, 0.25) is 5.02 Å². The van der Waals surface area contributed by atoms with E-state index in [9.17, 15) is 4.79 Å². The Balaban J connectivity index is 1.69. The molecule has 2 heterocycles. The third-order valence-corrected chi connectivity index (χ3v) is 4.50. The molecule has 0 amide bonds. The van der Waals surface area contributed by atoms with Crippen molar-refractivity contribution in [2.75, 3.05) is 23.9 Å². The van der Waals surface area contributed by atoms with Crippen LogP contribution in [-0.4, -0.2) is 40.9 Å². The molecule has 0 radical (unpaired) electrons. The van der Waals surface area contributed by atoms with Gasteiger partial charge in [0.05, 0.1) is 6.20 Å². The minimum Gasteiger partial charge on any atom is -0.481 e. The average molecular weight is 377 g/mol. The van der Waals surface area contributed by atoms with E-state index < -0.39 is 5.97 Å². The van der Waals surface area contributed by atoms with Gasteiger partial charge in [-0.3, -0.25) is 4.79 Å². The summed E-state index contributed by atoms with van der Waals surface area (Å²) in [5.41, 5.74) is 1.78. The Bertz CT molecular complexity index is 764. The van der Waals surface area contributed by atoms with Crippen LogP contribution >= 0.6 is 11.6 Å². The first-order valence-corrected chi connectivity index (χ1v) is 8.85. The maximum absolute atomic E-state index is 10.6. The van der Waals surface area contributed by atoms with Gasteiger partial charge in [0.1, 0.15) is 11.3 Å². The zero-order valence-electron chi connectivity index (χ0n) is 14.5. The van der Waals surface area contributed by atoms with Crippen LogP contribution in [0, 0.1) is 0 Å². The molecule has 1 saturated heterocycles. The fourth-order valence-electron chi connectivity index (χ4n) is 2.80. The molecule has 3 rings (SSSR count). The summed E-state index contributed by atoms with van der Waals surface area (Å²) < 4.78 is 5.68. The van der Waals surface area contributed by atoms with Gasteiger partial charge in [0.2, 0.25) is 5.95 Å². The van der Waals surface area contributed by atoms with Crippen molar-refractivity contribution < 1.29 is 14.6 Å². The molecule has 1 aromatic heterocycles. The molecule has 0 spiro atoms. The largest absolute Gasteiger partial charge is 0.481 e. The minimum atomic E-state index is -0.801. The zero-order chi connectivity index (χ0) is 18.5. The number of aliphatic carboxylic acids is 1. The first-order chi connectivity index (χ1) is 12.5. The lowest BCUT2D eigenvalue weighted by Crippen LogP contribution is -2.31. The average Bonchev–Trinajstić information content (AvgIpc) is 3.17. The standard InChI is InChI=1S/C18H21ClN4O3/c1-23(15-3-2-10-26-15)17-14(19)11-20-18(22-17)21-13-7-4-12(5-8-13)6-9-16(24)25/h4-5,7-8,11,15H,2-3,6,9-10H2,1H3,(H,24,25)(H,20,21,22). The number of nitrogens with zero attached hydrogens (tertiary/aromatic N) is 3. The number of nitrogens with one attached hydrogen (secondary N) is 1. The van der Waals surface area contributed by atoms with Gasteiger partial charge in [-0.1, -0.05) is 23.7 Å². The van der Waals surface area contributed by atoms with Gasteiger partial charge in [-0.2, -0.15) is 4.98 Å². The second-order valence-electron chi connectivity index (χ2n) is 6.16. The first kappa shape index (κ1) is 18.4. The number of aryl methyl sites for hydroxylation is 1. The predicted octanol–water partition coefficient (Wildman–Crippen LogP) is 3.46. The van der Waals surface area contributed by atoms with Crippen molar-refractivity contribution in [2.45, 2.75) is 31.9 Å². The molecule has 0 saturated carbocycles. The van der Waals surface area contributed by atoms with Gasteiger partial charge in [0.15, 0.2) is 5.82 Å². The second kappa shape index (κ2) is 8.33. The molecule has 2 aromatic rings. The topological polar surface area (TPSA) is 87.6 Å². The molecule has 1 aromatic carbocycles. The molecule has 1 fully saturated rings. The minimum absolute atomic E-state index is 0.0243. The number of benzene rings is 1. The third kappa shape index (κ3) is 4.62. The van der Waals surface area contributed by atoms with Gasteiger partial charge in [-0.15, -0.1) is 0 Å². The zero-order valence-corrected chi connectivity index (χ0v) is 15.2. The molecule has 0 bridgehead atoms. The summed E-state index contributed by atoms with van der Waals surface area (Å²) in [6, 6.07) is 7.53. The van der Waals surface area contributed by atoms with Crippen molar-refractivity contribution in [3.05, 3.63) is 41.0 Å². The van der Waals surface area contributed by atoms with E-state index in [0.717, 1.165) is 30.7 Å². The van der Waals surface area contributed by atoms with Crippen LogP contribution in [0.5, 0.6) is 0 Å². The number of carbonyl (C=O) groups is 1. The molecule has 1 aliphatic heterocycles. The molecule has 1 atom stereocenters. The summed E-state index contributed by atoms with van der Waals surface area (Å²) in [5.74, 6) is 0.256. The summed E-state index contributed by atoms with van der Waals surface area (Å²) in [6.45, 7) is 0.747. The third-order valence-electron chi connectivity index (χ3n) is 4.23. The molecule has 0 aliphatic carbocycles. The normalized spacial score (nSPS) is 16.5. The molecule has 7 nitrogen and oxygen atoms in total. The van der Waals surface area contributed by atoms with Crippen molar-refractivity contribution in [3.8, 4) is 0 Å². The molecule has 8 heteroatoms. The molecule has 2 N–H and O–H groups in total. The summed E-state index contributed by atoms with van der Waals surface area (Å²) in [5, 5.41) is 12.4. The van der Waals surface area contributed by atoms with Crippen LogP contribution in [0.15, 0.2) is 30.5 Å². The number of aromatic nitrogens is 2. The van der Waals surface area contributed by atoms with E-state index in [0.29, 0.717) is 23.2 Å². The predicted molar refractivity (Wildman–Crippen MR) is 100 cm³/mol. The second-order valence-corrected chi connectivity index (χ2v) is 6.57. The molecule has 26 heavy (non-hydrogen) atoms. The van der Waals surface area contributed by atoms with Crippen molar-refractivity contribution in [1.29, 1.82) is 0 Å².